The summed E-state index contributed by atoms with van der Waals surface area (Å²) in [6.45, 7) is 2.24. The first-order valence-corrected chi connectivity index (χ1v) is 8.25. The van der Waals surface area contributed by atoms with Crippen LogP contribution in [-0.4, -0.2) is 15.7 Å². The van der Waals surface area contributed by atoms with Crippen LogP contribution in [-0.2, 0) is 6.42 Å². The van der Waals surface area contributed by atoms with Gasteiger partial charge in [0, 0.05) is 17.4 Å². The summed E-state index contributed by atoms with van der Waals surface area (Å²) in [4.78, 5) is 4.70. The van der Waals surface area contributed by atoms with Gasteiger partial charge >= 0.3 is 0 Å². The lowest BCUT2D eigenvalue weighted by molar-refractivity contribution is -0.0124. The maximum atomic E-state index is 10.7. The van der Waals surface area contributed by atoms with E-state index in [-0.39, 0.29) is 0 Å². The summed E-state index contributed by atoms with van der Waals surface area (Å²) in [6.07, 6.45) is 4.91. The lowest BCUT2D eigenvalue weighted by Gasteiger charge is -2.35. The standard InChI is InChI=1S/C17H21NOS/c1-13-6-5-9-17(19,10-13)11-16-18-15(12-20-16)14-7-3-2-4-8-14/h2-4,7-8,12-13,19H,5-6,9-11H2,1H3. The van der Waals surface area contributed by atoms with Crippen molar-refractivity contribution in [1.29, 1.82) is 0 Å². The van der Waals surface area contributed by atoms with E-state index in [9.17, 15) is 5.11 Å². The molecule has 2 nitrogen and oxygen atoms in total. The Morgan fingerprint density at radius 2 is 2.15 bits per heavy atom. The molecular weight excluding hydrogens is 266 g/mol. The van der Waals surface area contributed by atoms with Gasteiger partial charge in [-0.15, -0.1) is 11.3 Å². The molecule has 1 N–H and O–H groups in total. The van der Waals surface area contributed by atoms with Gasteiger partial charge in [0.05, 0.1) is 16.3 Å². The van der Waals surface area contributed by atoms with Crippen molar-refractivity contribution in [3.8, 4) is 11.3 Å². The van der Waals surface area contributed by atoms with Crippen LogP contribution in [0.1, 0.15) is 37.6 Å². The third kappa shape index (κ3) is 3.10. The van der Waals surface area contributed by atoms with Crippen molar-refractivity contribution in [2.24, 2.45) is 5.92 Å². The van der Waals surface area contributed by atoms with Crippen molar-refractivity contribution in [3.05, 3.63) is 40.7 Å². The zero-order chi connectivity index (χ0) is 14.0. The topological polar surface area (TPSA) is 33.1 Å². The van der Waals surface area contributed by atoms with Gasteiger partial charge in [0.25, 0.3) is 0 Å². The van der Waals surface area contributed by atoms with E-state index < -0.39 is 5.60 Å². The van der Waals surface area contributed by atoms with Gasteiger partial charge in [0.15, 0.2) is 0 Å². The molecule has 1 aromatic carbocycles. The molecule has 1 aliphatic carbocycles. The molecule has 0 radical (unpaired) electrons. The van der Waals surface area contributed by atoms with Crippen LogP contribution < -0.4 is 0 Å². The molecule has 1 fully saturated rings. The molecule has 0 aliphatic heterocycles. The molecule has 2 atom stereocenters. The molecule has 3 rings (SSSR count). The number of thiazole rings is 1. The van der Waals surface area contributed by atoms with Crippen molar-refractivity contribution in [3.63, 3.8) is 0 Å². The first-order valence-electron chi connectivity index (χ1n) is 7.37. The predicted octanol–water partition coefficient (Wildman–Crippen LogP) is 4.29. The Hall–Kier alpha value is -1.19. The smallest absolute Gasteiger partial charge is 0.0961 e. The minimum atomic E-state index is -0.538. The van der Waals surface area contributed by atoms with Gasteiger partial charge < -0.3 is 5.11 Å². The monoisotopic (exact) mass is 287 g/mol. The summed E-state index contributed by atoms with van der Waals surface area (Å²) in [6, 6.07) is 10.2. The Balaban J connectivity index is 1.74. The summed E-state index contributed by atoms with van der Waals surface area (Å²) in [7, 11) is 0. The SMILES string of the molecule is CC1CCCC(O)(Cc2nc(-c3ccccc3)cs2)C1. The van der Waals surface area contributed by atoms with Gasteiger partial charge in [-0.3, -0.25) is 0 Å². The highest BCUT2D eigenvalue weighted by atomic mass is 32.1. The van der Waals surface area contributed by atoms with Crippen molar-refractivity contribution >= 4 is 11.3 Å². The van der Waals surface area contributed by atoms with E-state index in [4.69, 9.17) is 4.98 Å². The van der Waals surface area contributed by atoms with Gasteiger partial charge in [-0.25, -0.2) is 4.98 Å². The molecule has 2 aromatic rings. The molecular formula is C17H21NOS. The van der Waals surface area contributed by atoms with Crippen LogP contribution in [0.3, 0.4) is 0 Å². The fraction of sp³-hybridized carbons (Fsp3) is 0.471. The number of rotatable bonds is 3. The minimum Gasteiger partial charge on any atom is -0.389 e. The molecule has 1 aliphatic rings. The van der Waals surface area contributed by atoms with E-state index in [2.05, 4.69) is 24.4 Å². The summed E-state index contributed by atoms with van der Waals surface area (Å²) < 4.78 is 0. The Kier molecular flexibility index (Phi) is 3.90. The molecule has 0 bridgehead atoms. The molecule has 20 heavy (non-hydrogen) atoms. The zero-order valence-corrected chi connectivity index (χ0v) is 12.7. The lowest BCUT2D eigenvalue weighted by atomic mass is 9.77. The number of hydrogen-bond acceptors (Lipinski definition) is 3. The Morgan fingerprint density at radius 3 is 2.90 bits per heavy atom. The number of aromatic nitrogens is 1. The molecule has 0 spiro atoms. The molecule has 0 saturated heterocycles. The van der Waals surface area contributed by atoms with E-state index in [0.717, 1.165) is 35.5 Å². The molecule has 2 unspecified atom stereocenters. The second-order valence-corrected chi connectivity index (χ2v) is 7.04. The fourth-order valence-electron chi connectivity index (χ4n) is 3.21. The number of aliphatic hydroxyl groups is 1. The minimum absolute atomic E-state index is 0.538. The second kappa shape index (κ2) is 5.66. The zero-order valence-electron chi connectivity index (χ0n) is 11.9. The van der Waals surface area contributed by atoms with Crippen LogP contribution in [0, 0.1) is 5.92 Å². The van der Waals surface area contributed by atoms with Crippen molar-refractivity contribution in [2.45, 2.75) is 44.6 Å². The normalized spacial score (nSPS) is 26.6. The van der Waals surface area contributed by atoms with Crippen LogP contribution in [0.2, 0.25) is 0 Å². The highest BCUT2D eigenvalue weighted by molar-refractivity contribution is 7.09. The Labute approximate surface area is 124 Å². The van der Waals surface area contributed by atoms with Crippen LogP contribution in [0.4, 0.5) is 0 Å². The van der Waals surface area contributed by atoms with Gasteiger partial charge in [0.1, 0.15) is 0 Å². The number of hydrogen-bond donors (Lipinski definition) is 1. The number of nitrogens with zero attached hydrogens (tertiary/aromatic N) is 1. The van der Waals surface area contributed by atoms with Crippen LogP contribution >= 0.6 is 11.3 Å². The first kappa shape index (κ1) is 13.8. The first-order chi connectivity index (χ1) is 9.65. The summed E-state index contributed by atoms with van der Waals surface area (Å²) >= 11 is 1.67. The average molecular weight is 287 g/mol. The number of benzene rings is 1. The lowest BCUT2D eigenvalue weighted by Crippen LogP contribution is -2.36. The maximum Gasteiger partial charge on any atom is 0.0961 e. The Bertz CT molecular complexity index is 565. The highest BCUT2D eigenvalue weighted by Crippen LogP contribution is 2.35. The maximum absolute atomic E-state index is 10.7. The quantitative estimate of drug-likeness (QED) is 0.913. The molecule has 1 saturated carbocycles. The van der Waals surface area contributed by atoms with Gasteiger partial charge in [-0.2, -0.15) is 0 Å². The highest BCUT2D eigenvalue weighted by Gasteiger charge is 2.33. The van der Waals surface area contributed by atoms with Crippen LogP contribution in [0.15, 0.2) is 35.7 Å². The van der Waals surface area contributed by atoms with E-state index in [0.29, 0.717) is 12.3 Å². The van der Waals surface area contributed by atoms with Crippen molar-refractivity contribution in [1.82, 2.24) is 4.98 Å². The van der Waals surface area contributed by atoms with Crippen molar-refractivity contribution < 1.29 is 5.11 Å². The third-order valence-corrected chi connectivity index (χ3v) is 5.02. The average Bonchev–Trinajstić information content (AvgIpc) is 2.87. The molecule has 0 amide bonds. The van der Waals surface area contributed by atoms with E-state index in [1.54, 1.807) is 11.3 Å². The fourth-order valence-corrected chi connectivity index (χ4v) is 4.15. The van der Waals surface area contributed by atoms with Gasteiger partial charge in [-0.1, -0.05) is 50.1 Å². The van der Waals surface area contributed by atoms with Crippen molar-refractivity contribution in [2.75, 3.05) is 0 Å². The predicted molar refractivity (Wildman–Crippen MR) is 83.8 cm³/mol. The largest absolute Gasteiger partial charge is 0.389 e. The molecule has 106 valence electrons. The summed E-state index contributed by atoms with van der Waals surface area (Å²) in [5, 5.41) is 13.9. The van der Waals surface area contributed by atoms with Gasteiger partial charge in [-0.05, 0) is 18.8 Å². The van der Waals surface area contributed by atoms with Gasteiger partial charge in [0.2, 0.25) is 0 Å². The Morgan fingerprint density at radius 1 is 1.35 bits per heavy atom. The molecule has 3 heteroatoms. The molecule has 1 heterocycles. The van der Waals surface area contributed by atoms with E-state index >= 15 is 0 Å². The third-order valence-electron chi connectivity index (χ3n) is 4.17. The molecule has 1 aromatic heterocycles. The second-order valence-electron chi connectivity index (χ2n) is 6.10. The van der Waals surface area contributed by atoms with E-state index in [1.165, 1.54) is 6.42 Å². The van der Waals surface area contributed by atoms with E-state index in [1.807, 2.05) is 18.2 Å². The summed E-state index contributed by atoms with van der Waals surface area (Å²) in [5.41, 5.74) is 1.64. The van der Waals surface area contributed by atoms with Crippen LogP contribution in [0.25, 0.3) is 11.3 Å². The van der Waals surface area contributed by atoms with Crippen LogP contribution in [0.5, 0.6) is 0 Å². The summed E-state index contributed by atoms with van der Waals surface area (Å²) in [5.74, 6) is 0.627.